The summed E-state index contributed by atoms with van der Waals surface area (Å²) in [5, 5.41) is 3.74. The van der Waals surface area contributed by atoms with Gasteiger partial charge in [-0.2, -0.15) is 0 Å². The van der Waals surface area contributed by atoms with Crippen LogP contribution < -0.4 is 5.32 Å². The fourth-order valence-electron chi connectivity index (χ4n) is 4.61. The molecule has 0 saturated heterocycles. The van der Waals surface area contributed by atoms with Crippen molar-refractivity contribution in [3.63, 3.8) is 0 Å². The molecule has 2 bridgehead atoms. The molecule has 2 aliphatic rings. The largest absolute Gasteiger partial charge is 0.316 e. The summed E-state index contributed by atoms with van der Waals surface area (Å²) >= 11 is 1.85. The molecular formula is C17H28N2S. The second-order valence-electron chi connectivity index (χ2n) is 6.98. The number of aromatic nitrogens is 1. The second kappa shape index (κ2) is 6.15. The quantitative estimate of drug-likeness (QED) is 0.762. The van der Waals surface area contributed by atoms with Crippen molar-refractivity contribution in [1.29, 1.82) is 0 Å². The Hall–Kier alpha value is -0.410. The summed E-state index contributed by atoms with van der Waals surface area (Å²) in [6, 6.07) is 0. The Morgan fingerprint density at radius 3 is 2.95 bits per heavy atom. The third-order valence-corrected chi connectivity index (χ3v) is 6.70. The normalized spacial score (nSPS) is 32.1. The number of rotatable bonds is 7. The van der Waals surface area contributed by atoms with Crippen LogP contribution in [0, 0.1) is 24.2 Å². The van der Waals surface area contributed by atoms with Gasteiger partial charge in [-0.15, -0.1) is 11.3 Å². The SMILES string of the molecule is CCCNCC1(CCc2scnc2C)CC2CCC1C2. The van der Waals surface area contributed by atoms with Crippen molar-refractivity contribution in [2.45, 2.75) is 58.8 Å². The summed E-state index contributed by atoms with van der Waals surface area (Å²) in [7, 11) is 0. The van der Waals surface area contributed by atoms with Gasteiger partial charge in [0, 0.05) is 11.4 Å². The van der Waals surface area contributed by atoms with E-state index in [1.165, 1.54) is 68.6 Å². The summed E-state index contributed by atoms with van der Waals surface area (Å²) in [5.74, 6) is 2.02. The van der Waals surface area contributed by atoms with Crippen LogP contribution in [0.4, 0.5) is 0 Å². The lowest BCUT2D eigenvalue weighted by Crippen LogP contribution is -2.39. The number of hydrogen-bond acceptors (Lipinski definition) is 3. The van der Waals surface area contributed by atoms with Gasteiger partial charge < -0.3 is 5.32 Å². The highest BCUT2D eigenvalue weighted by Crippen LogP contribution is 2.57. The minimum Gasteiger partial charge on any atom is -0.316 e. The lowest BCUT2D eigenvalue weighted by molar-refractivity contribution is 0.143. The molecule has 3 unspecified atom stereocenters. The number of aryl methyl sites for hydroxylation is 2. The van der Waals surface area contributed by atoms with Crippen LogP contribution in [-0.4, -0.2) is 18.1 Å². The minimum absolute atomic E-state index is 0.592. The molecule has 0 radical (unpaired) electrons. The van der Waals surface area contributed by atoms with E-state index in [2.05, 4.69) is 24.1 Å². The van der Waals surface area contributed by atoms with Crippen molar-refractivity contribution in [1.82, 2.24) is 10.3 Å². The molecule has 3 heteroatoms. The highest BCUT2D eigenvalue weighted by molar-refractivity contribution is 7.09. The molecule has 112 valence electrons. The fraction of sp³-hybridized carbons (Fsp3) is 0.824. The standard InChI is InChI=1S/C17H28N2S/c1-3-8-18-11-17(10-14-4-5-15(17)9-14)7-6-16-13(2)19-12-20-16/h12,14-15,18H,3-11H2,1-2H3. The van der Waals surface area contributed by atoms with Gasteiger partial charge in [-0.25, -0.2) is 4.98 Å². The Morgan fingerprint density at radius 1 is 1.45 bits per heavy atom. The number of thiazole rings is 1. The first kappa shape index (κ1) is 14.5. The molecule has 3 atom stereocenters. The molecule has 1 aromatic heterocycles. The topological polar surface area (TPSA) is 24.9 Å². The van der Waals surface area contributed by atoms with Crippen LogP contribution >= 0.6 is 11.3 Å². The van der Waals surface area contributed by atoms with E-state index in [0.29, 0.717) is 5.41 Å². The Balaban J connectivity index is 1.65. The first-order valence-corrected chi connectivity index (χ1v) is 9.21. The van der Waals surface area contributed by atoms with Crippen LogP contribution in [0.15, 0.2) is 5.51 Å². The Labute approximate surface area is 127 Å². The van der Waals surface area contributed by atoms with E-state index >= 15 is 0 Å². The van der Waals surface area contributed by atoms with Crippen molar-refractivity contribution < 1.29 is 0 Å². The fourth-order valence-corrected chi connectivity index (χ4v) is 5.39. The maximum absolute atomic E-state index is 4.41. The van der Waals surface area contributed by atoms with Crippen molar-refractivity contribution in [2.75, 3.05) is 13.1 Å². The molecule has 20 heavy (non-hydrogen) atoms. The molecule has 0 aromatic carbocycles. The lowest BCUT2D eigenvalue weighted by Gasteiger charge is -2.38. The molecule has 0 spiro atoms. The van der Waals surface area contributed by atoms with Gasteiger partial charge in [0.2, 0.25) is 0 Å². The van der Waals surface area contributed by atoms with E-state index < -0.39 is 0 Å². The van der Waals surface area contributed by atoms with Crippen LogP contribution in [0.25, 0.3) is 0 Å². The third kappa shape index (κ3) is 2.80. The van der Waals surface area contributed by atoms with E-state index in [0.717, 1.165) is 11.8 Å². The van der Waals surface area contributed by atoms with E-state index in [-0.39, 0.29) is 0 Å². The number of fused-ring (bicyclic) bond motifs is 2. The zero-order chi connectivity index (χ0) is 14.0. The van der Waals surface area contributed by atoms with Gasteiger partial charge in [0.05, 0.1) is 11.2 Å². The Morgan fingerprint density at radius 2 is 2.35 bits per heavy atom. The molecule has 0 amide bonds. The molecule has 2 aliphatic carbocycles. The van der Waals surface area contributed by atoms with Gasteiger partial charge in [-0.1, -0.05) is 13.3 Å². The van der Waals surface area contributed by atoms with Crippen LogP contribution in [0.5, 0.6) is 0 Å². The Kier molecular flexibility index (Phi) is 4.46. The molecule has 2 fully saturated rings. The monoisotopic (exact) mass is 292 g/mol. The molecule has 1 heterocycles. The van der Waals surface area contributed by atoms with E-state index in [4.69, 9.17) is 0 Å². The van der Waals surface area contributed by atoms with Crippen molar-refractivity contribution >= 4 is 11.3 Å². The number of nitrogens with one attached hydrogen (secondary N) is 1. The van der Waals surface area contributed by atoms with Crippen molar-refractivity contribution in [3.8, 4) is 0 Å². The van der Waals surface area contributed by atoms with Gasteiger partial charge in [0.25, 0.3) is 0 Å². The summed E-state index contributed by atoms with van der Waals surface area (Å²) < 4.78 is 0. The smallest absolute Gasteiger partial charge is 0.0797 e. The molecular weight excluding hydrogens is 264 g/mol. The van der Waals surface area contributed by atoms with Crippen molar-refractivity contribution in [2.24, 2.45) is 17.3 Å². The van der Waals surface area contributed by atoms with Gasteiger partial charge in [0.1, 0.15) is 0 Å². The van der Waals surface area contributed by atoms with Crippen LogP contribution in [0.2, 0.25) is 0 Å². The highest BCUT2D eigenvalue weighted by Gasteiger charge is 2.49. The second-order valence-corrected chi connectivity index (χ2v) is 7.92. The molecule has 2 nitrogen and oxygen atoms in total. The highest BCUT2D eigenvalue weighted by atomic mass is 32.1. The van der Waals surface area contributed by atoms with Gasteiger partial charge in [0.15, 0.2) is 0 Å². The summed E-state index contributed by atoms with van der Waals surface area (Å²) in [6.45, 7) is 6.86. The first-order valence-electron chi connectivity index (χ1n) is 8.33. The zero-order valence-corrected chi connectivity index (χ0v) is 13.8. The van der Waals surface area contributed by atoms with E-state index in [1.807, 2.05) is 16.8 Å². The minimum atomic E-state index is 0.592. The van der Waals surface area contributed by atoms with E-state index in [9.17, 15) is 0 Å². The molecule has 0 aliphatic heterocycles. The van der Waals surface area contributed by atoms with Crippen LogP contribution in [0.3, 0.4) is 0 Å². The van der Waals surface area contributed by atoms with Crippen LogP contribution in [-0.2, 0) is 6.42 Å². The third-order valence-electron chi connectivity index (χ3n) is 5.70. The summed E-state index contributed by atoms with van der Waals surface area (Å²) in [5.41, 5.74) is 3.86. The number of hydrogen-bond donors (Lipinski definition) is 1. The average molecular weight is 292 g/mol. The average Bonchev–Trinajstić information content (AvgIpc) is 3.13. The summed E-state index contributed by atoms with van der Waals surface area (Å²) in [4.78, 5) is 5.93. The molecule has 2 saturated carbocycles. The summed E-state index contributed by atoms with van der Waals surface area (Å²) in [6.07, 6.45) is 9.83. The maximum atomic E-state index is 4.41. The molecule has 1 aromatic rings. The van der Waals surface area contributed by atoms with Gasteiger partial charge in [-0.3, -0.25) is 0 Å². The molecule has 1 N–H and O–H groups in total. The van der Waals surface area contributed by atoms with Gasteiger partial charge in [-0.05, 0) is 69.2 Å². The molecule has 3 rings (SSSR count). The Bertz CT molecular complexity index is 442. The predicted molar refractivity (Wildman–Crippen MR) is 86.2 cm³/mol. The van der Waals surface area contributed by atoms with Crippen molar-refractivity contribution in [3.05, 3.63) is 16.1 Å². The zero-order valence-electron chi connectivity index (χ0n) is 13.0. The number of nitrogens with zero attached hydrogens (tertiary/aromatic N) is 1. The van der Waals surface area contributed by atoms with Crippen LogP contribution in [0.1, 0.15) is 56.0 Å². The predicted octanol–water partition coefficient (Wildman–Crippen LogP) is 4.19. The van der Waals surface area contributed by atoms with Gasteiger partial charge >= 0.3 is 0 Å². The van der Waals surface area contributed by atoms with E-state index in [1.54, 1.807) is 0 Å². The first-order chi connectivity index (χ1) is 9.73. The lowest BCUT2D eigenvalue weighted by atomic mass is 9.70. The maximum Gasteiger partial charge on any atom is 0.0797 e.